The second kappa shape index (κ2) is 8.56. The van der Waals surface area contributed by atoms with E-state index in [1.54, 1.807) is 12.1 Å². The second-order valence-corrected chi connectivity index (χ2v) is 7.88. The fourth-order valence-electron chi connectivity index (χ4n) is 4.04. The summed E-state index contributed by atoms with van der Waals surface area (Å²) in [6.07, 6.45) is 4.86. The zero-order valence-corrected chi connectivity index (χ0v) is 17.0. The number of nitrogens with one attached hydrogen (secondary N) is 2. The number of aromatic amines is 2. The molecule has 0 aliphatic heterocycles. The van der Waals surface area contributed by atoms with Gasteiger partial charge in [-0.2, -0.15) is 5.26 Å². The zero-order chi connectivity index (χ0) is 21.1. The third kappa shape index (κ3) is 4.14. The number of aromatic nitrogens is 2. The predicted molar refractivity (Wildman–Crippen MR) is 118 cm³/mol. The molecule has 0 radical (unpaired) electrons. The van der Waals surface area contributed by atoms with Gasteiger partial charge in [0, 0.05) is 28.6 Å². The van der Waals surface area contributed by atoms with Crippen LogP contribution >= 0.6 is 11.6 Å². The largest absolute Gasteiger partial charge is 0.325 e. The molecule has 6 heteroatoms. The lowest BCUT2D eigenvalue weighted by Crippen LogP contribution is -2.30. The number of nitriles is 1. The zero-order valence-electron chi connectivity index (χ0n) is 16.2. The average Bonchev–Trinajstić information content (AvgIpc) is 2.76. The fourth-order valence-corrected chi connectivity index (χ4v) is 4.34. The lowest BCUT2D eigenvalue weighted by atomic mass is 9.82. The number of hydrogen-bond donors (Lipinski definition) is 2. The number of halogens is 1. The van der Waals surface area contributed by atoms with Crippen LogP contribution in [-0.2, 0) is 6.42 Å². The van der Waals surface area contributed by atoms with Crippen LogP contribution in [0.4, 0.5) is 0 Å². The summed E-state index contributed by atoms with van der Waals surface area (Å²) < 4.78 is 0. The molecule has 1 aliphatic rings. The maximum absolute atomic E-state index is 12.6. The second-order valence-electron chi connectivity index (χ2n) is 7.47. The number of allylic oxidation sites excluding steroid dienone is 2. The fraction of sp³-hybridized carbons (Fsp3) is 0.208. The summed E-state index contributed by atoms with van der Waals surface area (Å²) in [5, 5.41) is 9.58. The predicted octanol–water partition coefficient (Wildman–Crippen LogP) is 4.53. The van der Waals surface area contributed by atoms with Gasteiger partial charge >= 0.3 is 5.69 Å². The van der Waals surface area contributed by atoms with Crippen molar-refractivity contribution in [1.29, 1.82) is 5.26 Å². The molecule has 2 aromatic carbocycles. The number of rotatable bonds is 4. The first kappa shape index (κ1) is 19.9. The number of H-pyrrole nitrogens is 2. The molecule has 0 saturated heterocycles. The molecule has 0 fully saturated rings. The molecule has 1 aromatic heterocycles. The van der Waals surface area contributed by atoms with E-state index < -0.39 is 5.69 Å². The molecule has 0 bridgehead atoms. The summed E-state index contributed by atoms with van der Waals surface area (Å²) in [6, 6.07) is 17.2. The van der Waals surface area contributed by atoms with E-state index in [4.69, 9.17) is 16.9 Å². The molecule has 0 unspecified atom stereocenters. The first-order valence-corrected chi connectivity index (χ1v) is 10.2. The van der Waals surface area contributed by atoms with E-state index in [0.717, 1.165) is 29.5 Å². The van der Waals surface area contributed by atoms with Crippen LogP contribution in [0.1, 0.15) is 53.1 Å². The molecule has 0 amide bonds. The monoisotopic (exact) mass is 417 g/mol. The van der Waals surface area contributed by atoms with Crippen LogP contribution in [-0.4, -0.2) is 9.97 Å². The molecule has 1 heterocycles. The molecule has 1 atom stereocenters. The molecule has 150 valence electrons. The molecule has 5 nitrogen and oxygen atoms in total. The molecule has 0 saturated carbocycles. The highest BCUT2D eigenvalue weighted by Crippen LogP contribution is 2.38. The first-order chi connectivity index (χ1) is 14.5. The maximum Gasteiger partial charge on any atom is 0.325 e. The third-order valence-electron chi connectivity index (χ3n) is 5.56. The quantitative estimate of drug-likeness (QED) is 0.653. The van der Waals surface area contributed by atoms with Gasteiger partial charge in [-0.05, 0) is 48.1 Å². The van der Waals surface area contributed by atoms with Gasteiger partial charge in [0.2, 0.25) is 0 Å². The lowest BCUT2D eigenvalue weighted by molar-refractivity contribution is 0.596. The molecule has 3 aromatic rings. The maximum atomic E-state index is 12.6. The Morgan fingerprint density at radius 3 is 2.57 bits per heavy atom. The lowest BCUT2D eigenvalue weighted by Gasteiger charge is -2.24. The molecule has 0 spiro atoms. The van der Waals surface area contributed by atoms with E-state index in [-0.39, 0.29) is 11.5 Å². The van der Waals surface area contributed by atoms with Crippen LogP contribution < -0.4 is 11.2 Å². The Bertz CT molecular complexity index is 1270. The Labute approximate surface area is 178 Å². The summed E-state index contributed by atoms with van der Waals surface area (Å²) in [5.41, 5.74) is 4.13. The van der Waals surface area contributed by atoms with Crippen molar-refractivity contribution in [2.45, 2.75) is 31.6 Å². The first-order valence-electron chi connectivity index (χ1n) is 9.83. The Hall–Kier alpha value is -3.36. The summed E-state index contributed by atoms with van der Waals surface area (Å²) in [5.74, 6) is 0.0552. The van der Waals surface area contributed by atoms with Gasteiger partial charge in [-0.3, -0.25) is 9.78 Å². The highest BCUT2D eigenvalue weighted by Gasteiger charge is 2.23. The van der Waals surface area contributed by atoms with Crippen molar-refractivity contribution in [2.75, 3.05) is 0 Å². The molecular formula is C24H20ClN3O2. The number of hydrogen-bond acceptors (Lipinski definition) is 3. The Balaban J connectivity index is 1.64. The third-order valence-corrected chi connectivity index (χ3v) is 5.87. The Morgan fingerprint density at radius 1 is 1.10 bits per heavy atom. The Morgan fingerprint density at radius 2 is 1.90 bits per heavy atom. The van der Waals surface area contributed by atoms with E-state index in [9.17, 15) is 9.59 Å². The van der Waals surface area contributed by atoms with Crippen molar-refractivity contribution >= 4 is 17.2 Å². The van der Waals surface area contributed by atoms with E-state index in [1.807, 2.05) is 36.4 Å². The van der Waals surface area contributed by atoms with Gasteiger partial charge in [0.25, 0.3) is 5.56 Å². The average molecular weight is 418 g/mol. The van der Waals surface area contributed by atoms with E-state index >= 15 is 0 Å². The van der Waals surface area contributed by atoms with Crippen molar-refractivity contribution < 1.29 is 0 Å². The summed E-state index contributed by atoms with van der Waals surface area (Å²) in [6.45, 7) is 0. The minimum Gasteiger partial charge on any atom is -0.311 e. The normalized spacial score (nSPS) is 16.0. The summed E-state index contributed by atoms with van der Waals surface area (Å²) in [4.78, 5) is 29.8. The number of nitrogens with zero attached hydrogens (tertiary/aromatic N) is 1. The summed E-state index contributed by atoms with van der Waals surface area (Å²) in [7, 11) is 0. The van der Waals surface area contributed by atoms with Crippen LogP contribution in [0, 0.1) is 11.3 Å². The smallest absolute Gasteiger partial charge is 0.311 e. The molecule has 1 aliphatic carbocycles. The molecule has 4 rings (SSSR count). The molecular weight excluding hydrogens is 398 g/mol. The molecule has 30 heavy (non-hydrogen) atoms. The topological polar surface area (TPSA) is 89.5 Å². The van der Waals surface area contributed by atoms with Gasteiger partial charge in [0.05, 0.1) is 11.6 Å². The van der Waals surface area contributed by atoms with Crippen molar-refractivity contribution in [3.63, 3.8) is 0 Å². The minimum atomic E-state index is -0.475. The summed E-state index contributed by atoms with van der Waals surface area (Å²) >= 11 is 6.37. The van der Waals surface area contributed by atoms with Crippen LogP contribution in [0.2, 0.25) is 5.02 Å². The van der Waals surface area contributed by atoms with Gasteiger partial charge in [0.1, 0.15) is 0 Å². The highest BCUT2D eigenvalue weighted by atomic mass is 35.5. The number of benzene rings is 2. The van der Waals surface area contributed by atoms with Gasteiger partial charge in [-0.25, -0.2) is 4.79 Å². The van der Waals surface area contributed by atoms with E-state index in [2.05, 4.69) is 22.1 Å². The van der Waals surface area contributed by atoms with E-state index in [1.165, 1.54) is 0 Å². The van der Waals surface area contributed by atoms with Gasteiger partial charge < -0.3 is 4.98 Å². The van der Waals surface area contributed by atoms with Crippen molar-refractivity contribution in [2.24, 2.45) is 0 Å². The Kier molecular flexibility index (Phi) is 5.69. The van der Waals surface area contributed by atoms with Crippen molar-refractivity contribution in [3.8, 4) is 6.07 Å². The van der Waals surface area contributed by atoms with E-state index in [0.29, 0.717) is 34.7 Å². The standard InChI is InChI=1S/C24H20ClN3O2/c25-21-13-16(14-26)6-11-19(21)17-7-9-18(10-8-17)22-20(23(29)28-24(30)27-22)12-15-4-2-1-3-5-15/h1-7,11,13,18H,8-10,12H2,(H2,27,28,29,30)/t18-/m1/s1. The SMILES string of the molecule is N#Cc1ccc(C2=CC[C@@H](c3[nH]c(=O)[nH]c(=O)c3Cc3ccccc3)CC2)c(Cl)c1. The van der Waals surface area contributed by atoms with Crippen LogP contribution in [0.15, 0.2) is 64.2 Å². The highest BCUT2D eigenvalue weighted by molar-refractivity contribution is 6.32. The minimum absolute atomic E-state index is 0.0552. The van der Waals surface area contributed by atoms with Crippen LogP contribution in [0.3, 0.4) is 0 Å². The van der Waals surface area contributed by atoms with Crippen LogP contribution in [0.5, 0.6) is 0 Å². The van der Waals surface area contributed by atoms with Gasteiger partial charge in [-0.1, -0.05) is 54.1 Å². The van der Waals surface area contributed by atoms with Crippen molar-refractivity contribution in [1.82, 2.24) is 9.97 Å². The van der Waals surface area contributed by atoms with Crippen molar-refractivity contribution in [3.05, 3.63) is 108 Å². The van der Waals surface area contributed by atoms with Crippen LogP contribution in [0.25, 0.3) is 5.57 Å². The van der Waals surface area contributed by atoms with Gasteiger partial charge in [-0.15, -0.1) is 0 Å². The molecule has 2 N–H and O–H groups in total. The van der Waals surface area contributed by atoms with Gasteiger partial charge in [0.15, 0.2) is 0 Å².